The van der Waals surface area contributed by atoms with Crippen molar-refractivity contribution in [2.24, 2.45) is 0 Å². The highest BCUT2D eigenvalue weighted by Gasteiger charge is 2.22. The van der Waals surface area contributed by atoms with Gasteiger partial charge < -0.3 is 24.8 Å². The van der Waals surface area contributed by atoms with Gasteiger partial charge in [0.25, 0.3) is 0 Å². The SMILES string of the molecule is CCC(=O)c1cc(-c2cc(N(C)C3CCOCC3)nc(-c3cccc(OCC(O)CNC)c3)n2)ccn1. The van der Waals surface area contributed by atoms with E-state index in [4.69, 9.17) is 19.4 Å². The maximum atomic E-state index is 12.3. The number of Topliss-reactive ketones (excluding diaryl/α,β-unsaturated/α-hetero) is 1. The van der Waals surface area contributed by atoms with Crippen molar-refractivity contribution < 1.29 is 19.4 Å². The minimum atomic E-state index is -0.611. The number of benzene rings is 1. The van der Waals surface area contributed by atoms with Crippen LogP contribution in [0.3, 0.4) is 0 Å². The van der Waals surface area contributed by atoms with E-state index >= 15 is 0 Å². The van der Waals surface area contributed by atoms with E-state index in [0.717, 1.165) is 43.0 Å². The van der Waals surface area contributed by atoms with E-state index < -0.39 is 6.10 Å². The Labute approximate surface area is 217 Å². The van der Waals surface area contributed by atoms with Crippen LogP contribution in [0.4, 0.5) is 5.82 Å². The number of aliphatic hydroxyl groups is 1. The van der Waals surface area contributed by atoms with Gasteiger partial charge in [-0.3, -0.25) is 9.78 Å². The van der Waals surface area contributed by atoms with Crippen LogP contribution in [0, 0.1) is 0 Å². The maximum Gasteiger partial charge on any atom is 0.180 e. The Morgan fingerprint density at radius 3 is 2.76 bits per heavy atom. The van der Waals surface area contributed by atoms with Crippen LogP contribution < -0.4 is 15.0 Å². The van der Waals surface area contributed by atoms with E-state index in [1.54, 1.807) is 19.3 Å². The van der Waals surface area contributed by atoms with Crippen LogP contribution in [0.2, 0.25) is 0 Å². The maximum absolute atomic E-state index is 12.3. The summed E-state index contributed by atoms with van der Waals surface area (Å²) in [6, 6.07) is 13.5. The van der Waals surface area contributed by atoms with Crippen molar-refractivity contribution in [3.8, 4) is 28.4 Å². The Morgan fingerprint density at radius 1 is 1.19 bits per heavy atom. The van der Waals surface area contributed by atoms with Gasteiger partial charge in [-0.05, 0) is 44.2 Å². The Balaban J connectivity index is 1.72. The van der Waals surface area contributed by atoms with Gasteiger partial charge in [0.05, 0.1) is 5.69 Å². The van der Waals surface area contributed by atoms with Gasteiger partial charge in [-0.15, -0.1) is 0 Å². The fourth-order valence-corrected chi connectivity index (χ4v) is 4.29. The molecule has 196 valence electrons. The summed E-state index contributed by atoms with van der Waals surface area (Å²) >= 11 is 0. The second-order valence-electron chi connectivity index (χ2n) is 9.15. The molecule has 2 N–H and O–H groups in total. The molecule has 0 radical (unpaired) electrons. The van der Waals surface area contributed by atoms with E-state index in [-0.39, 0.29) is 12.4 Å². The first kappa shape index (κ1) is 26.7. The molecule has 37 heavy (non-hydrogen) atoms. The number of likely N-dealkylation sites (N-methyl/N-ethyl adjacent to an activating group) is 1. The van der Waals surface area contributed by atoms with Crippen molar-refractivity contribution >= 4 is 11.6 Å². The third kappa shape index (κ3) is 6.88. The number of hydrogen-bond acceptors (Lipinski definition) is 9. The van der Waals surface area contributed by atoms with Gasteiger partial charge in [-0.1, -0.05) is 19.1 Å². The molecule has 0 spiro atoms. The topological polar surface area (TPSA) is 110 Å². The fourth-order valence-electron chi connectivity index (χ4n) is 4.29. The van der Waals surface area contributed by atoms with Crippen LogP contribution in [-0.4, -0.2) is 78.4 Å². The van der Waals surface area contributed by atoms with Crippen molar-refractivity contribution in [2.45, 2.75) is 38.3 Å². The van der Waals surface area contributed by atoms with Crippen LogP contribution in [0.5, 0.6) is 5.75 Å². The molecule has 0 saturated carbocycles. The first-order chi connectivity index (χ1) is 18.0. The fraction of sp³-hybridized carbons (Fsp3) is 0.429. The molecule has 1 aliphatic heterocycles. The Kier molecular flexibility index (Phi) is 9.16. The summed E-state index contributed by atoms with van der Waals surface area (Å²) in [5.74, 6) is 1.96. The first-order valence-corrected chi connectivity index (χ1v) is 12.7. The minimum absolute atomic E-state index is 0.0130. The van der Waals surface area contributed by atoms with Crippen molar-refractivity contribution in [1.82, 2.24) is 20.3 Å². The summed E-state index contributed by atoms with van der Waals surface area (Å²) < 4.78 is 11.4. The predicted molar refractivity (Wildman–Crippen MR) is 143 cm³/mol. The van der Waals surface area contributed by atoms with E-state index in [1.165, 1.54) is 0 Å². The Morgan fingerprint density at radius 2 is 2.00 bits per heavy atom. The number of rotatable bonds is 11. The van der Waals surface area contributed by atoms with E-state index in [9.17, 15) is 9.90 Å². The lowest BCUT2D eigenvalue weighted by molar-refractivity contribution is 0.0853. The Bertz CT molecular complexity index is 1200. The van der Waals surface area contributed by atoms with Crippen LogP contribution in [0.15, 0.2) is 48.7 Å². The van der Waals surface area contributed by atoms with Gasteiger partial charge in [0.15, 0.2) is 11.6 Å². The Hall–Kier alpha value is -3.40. The summed E-state index contributed by atoms with van der Waals surface area (Å²) in [4.78, 5) is 28.5. The number of hydrogen-bond donors (Lipinski definition) is 2. The van der Waals surface area contributed by atoms with E-state index in [0.29, 0.717) is 42.0 Å². The smallest absolute Gasteiger partial charge is 0.180 e. The number of pyridine rings is 1. The molecule has 1 aromatic carbocycles. The molecule has 9 nitrogen and oxygen atoms in total. The molecular weight excluding hydrogens is 470 g/mol. The number of nitrogens with zero attached hydrogens (tertiary/aromatic N) is 4. The van der Waals surface area contributed by atoms with Crippen molar-refractivity contribution in [3.63, 3.8) is 0 Å². The number of aromatic nitrogens is 3. The number of aliphatic hydroxyl groups excluding tert-OH is 1. The zero-order valence-corrected chi connectivity index (χ0v) is 21.7. The highest BCUT2D eigenvalue weighted by atomic mass is 16.5. The zero-order valence-electron chi connectivity index (χ0n) is 21.7. The number of anilines is 1. The van der Waals surface area contributed by atoms with E-state index in [1.807, 2.05) is 50.4 Å². The first-order valence-electron chi connectivity index (χ1n) is 12.7. The number of carbonyl (C=O) groups excluding carboxylic acids is 1. The quantitative estimate of drug-likeness (QED) is 0.379. The van der Waals surface area contributed by atoms with Gasteiger partial charge >= 0.3 is 0 Å². The molecule has 3 heterocycles. The monoisotopic (exact) mass is 505 g/mol. The summed E-state index contributed by atoms with van der Waals surface area (Å²) in [6.45, 7) is 3.90. The molecule has 1 unspecified atom stereocenters. The average Bonchev–Trinajstić information content (AvgIpc) is 2.96. The molecule has 4 rings (SSSR count). The largest absolute Gasteiger partial charge is 0.491 e. The summed E-state index contributed by atoms with van der Waals surface area (Å²) in [5.41, 5.74) is 2.74. The highest BCUT2D eigenvalue weighted by molar-refractivity contribution is 5.95. The number of carbonyl (C=O) groups is 1. The number of ketones is 1. The second-order valence-corrected chi connectivity index (χ2v) is 9.15. The molecule has 0 amide bonds. The summed E-state index contributed by atoms with van der Waals surface area (Å²) in [7, 11) is 3.83. The van der Waals surface area contributed by atoms with Crippen LogP contribution in [-0.2, 0) is 4.74 Å². The lowest BCUT2D eigenvalue weighted by Gasteiger charge is -2.32. The van der Waals surface area contributed by atoms with Gasteiger partial charge in [-0.25, -0.2) is 9.97 Å². The van der Waals surface area contributed by atoms with Gasteiger partial charge in [0.1, 0.15) is 30.0 Å². The van der Waals surface area contributed by atoms with Gasteiger partial charge in [0, 0.05) is 62.7 Å². The number of ether oxygens (including phenoxy) is 2. The predicted octanol–water partition coefficient (Wildman–Crippen LogP) is 3.37. The second kappa shape index (κ2) is 12.7. The lowest BCUT2D eigenvalue weighted by Crippen LogP contribution is -2.37. The standard InChI is InChI=1S/C28H35N5O4/c1-4-26(35)25-15-19(8-11-30-25)24-16-27(33(3)21-9-12-36-13-10-21)32-28(31-24)20-6-5-7-23(14-20)37-18-22(34)17-29-2/h5-8,11,14-16,21-22,29,34H,4,9-10,12-13,17-18H2,1-3H3. The molecule has 0 bridgehead atoms. The highest BCUT2D eigenvalue weighted by Crippen LogP contribution is 2.29. The number of nitrogens with one attached hydrogen (secondary N) is 1. The molecule has 9 heteroatoms. The molecule has 1 atom stereocenters. The van der Waals surface area contributed by atoms with E-state index in [2.05, 4.69) is 15.2 Å². The van der Waals surface area contributed by atoms with Gasteiger partial charge in [0.2, 0.25) is 0 Å². The van der Waals surface area contributed by atoms with Crippen LogP contribution >= 0.6 is 0 Å². The molecule has 1 aliphatic rings. The lowest BCUT2D eigenvalue weighted by atomic mass is 10.1. The molecule has 3 aromatic rings. The summed E-state index contributed by atoms with van der Waals surface area (Å²) in [5, 5.41) is 12.9. The third-order valence-corrected chi connectivity index (χ3v) is 6.45. The van der Waals surface area contributed by atoms with Crippen molar-refractivity contribution in [3.05, 3.63) is 54.4 Å². The third-order valence-electron chi connectivity index (χ3n) is 6.45. The van der Waals surface area contributed by atoms with Crippen molar-refractivity contribution in [1.29, 1.82) is 0 Å². The average molecular weight is 506 g/mol. The zero-order chi connectivity index (χ0) is 26.2. The molecule has 1 fully saturated rings. The summed E-state index contributed by atoms with van der Waals surface area (Å²) in [6.07, 6.45) is 3.27. The minimum Gasteiger partial charge on any atom is -0.491 e. The molecule has 0 aliphatic carbocycles. The van der Waals surface area contributed by atoms with Crippen molar-refractivity contribution in [2.75, 3.05) is 45.4 Å². The normalized spacial score (nSPS) is 14.8. The van der Waals surface area contributed by atoms with Crippen LogP contribution in [0.25, 0.3) is 22.6 Å². The molecule has 1 saturated heterocycles. The van der Waals surface area contributed by atoms with Gasteiger partial charge in [-0.2, -0.15) is 0 Å². The molecular formula is C28H35N5O4. The van der Waals surface area contributed by atoms with Crippen LogP contribution in [0.1, 0.15) is 36.7 Å². The molecule has 2 aromatic heterocycles.